The summed E-state index contributed by atoms with van der Waals surface area (Å²) in [5.41, 5.74) is 3.45. The predicted molar refractivity (Wildman–Crippen MR) is 124 cm³/mol. The minimum absolute atomic E-state index is 0.0452. The molecule has 0 spiro atoms. The molecular weight excluding hydrogens is 419 g/mol. The number of halogens is 1. The monoisotopic (exact) mass is 444 g/mol. The van der Waals surface area contributed by atoms with Crippen LogP contribution in [0.1, 0.15) is 52.8 Å². The van der Waals surface area contributed by atoms with Gasteiger partial charge in [-0.3, -0.25) is 4.57 Å². The van der Waals surface area contributed by atoms with Crippen LogP contribution in [0.15, 0.2) is 43.0 Å². The Hall–Kier alpha value is -3.81. The van der Waals surface area contributed by atoms with Gasteiger partial charge in [0.2, 0.25) is 0 Å². The van der Waals surface area contributed by atoms with Gasteiger partial charge < -0.3 is 4.74 Å². The number of pyridine rings is 1. The first-order chi connectivity index (χ1) is 16.0. The summed E-state index contributed by atoms with van der Waals surface area (Å²) >= 11 is 0. The first-order valence-electron chi connectivity index (χ1n) is 11.0. The SMILES string of the molecule is COc1cc(C=Cc2nc3n(n2)CCC[C@H]3c2cccc(F)c2C)cnc1-n1cnc(C)c1. The Morgan fingerprint density at radius 2 is 2.06 bits per heavy atom. The molecule has 33 heavy (non-hydrogen) atoms. The fraction of sp³-hybridized carbons (Fsp3) is 0.280. The molecule has 0 bridgehead atoms. The molecule has 5 rings (SSSR count). The van der Waals surface area contributed by atoms with Crippen molar-refractivity contribution >= 4 is 12.2 Å². The molecule has 1 aliphatic rings. The Kier molecular flexibility index (Phi) is 5.50. The number of rotatable bonds is 5. The molecule has 1 aliphatic heterocycles. The van der Waals surface area contributed by atoms with E-state index in [1.165, 1.54) is 6.07 Å². The lowest BCUT2D eigenvalue weighted by Crippen LogP contribution is -2.18. The largest absolute Gasteiger partial charge is 0.493 e. The van der Waals surface area contributed by atoms with Gasteiger partial charge in [0.05, 0.1) is 12.8 Å². The third kappa shape index (κ3) is 4.04. The number of imidazole rings is 1. The molecule has 0 saturated carbocycles. The number of ether oxygens (including phenoxy) is 1. The Labute approximate surface area is 191 Å². The van der Waals surface area contributed by atoms with Gasteiger partial charge in [-0.2, -0.15) is 5.10 Å². The highest BCUT2D eigenvalue weighted by atomic mass is 19.1. The van der Waals surface area contributed by atoms with E-state index in [-0.39, 0.29) is 11.7 Å². The fourth-order valence-corrected chi connectivity index (χ4v) is 4.33. The molecule has 0 aliphatic carbocycles. The predicted octanol–water partition coefficient (Wildman–Crippen LogP) is 4.72. The van der Waals surface area contributed by atoms with Crippen molar-refractivity contribution in [1.29, 1.82) is 0 Å². The molecule has 8 heteroatoms. The first kappa shape index (κ1) is 21.1. The highest BCUT2D eigenvalue weighted by molar-refractivity contribution is 5.67. The van der Waals surface area contributed by atoms with E-state index in [0.29, 0.717) is 23.0 Å². The van der Waals surface area contributed by atoms with Gasteiger partial charge >= 0.3 is 0 Å². The number of methoxy groups -OCH3 is 1. The lowest BCUT2D eigenvalue weighted by atomic mass is 9.88. The van der Waals surface area contributed by atoms with Crippen molar-refractivity contribution in [2.75, 3.05) is 7.11 Å². The van der Waals surface area contributed by atoms with Crippen molar-refractivity contribution in [2.24, 2.45) is 0 Å². The van der Waals surface area contributed by atoms with E-state index in [1.54, 1.807) is 25.7 Å². The van der Waals surface area contributed by atoms with Crippen LogP contribution in [-0.2, 0) is 6.54 Å². The molecule has 0 N–H and O–H groups in total. The Morgan fingerprint density at radius 3 is 2.85 bits per heavy atom. The van der Waals surface area contributed by atoms with Crippen LogP contribution < -0.4 is 4.74 Å². The molecule has 1 aromatic carbocycles. The van der Waals surface area contributed by atoms with Gasteiger partial charge in [-0.15, -0.1) is 0 Å². The smallest absolute Gasteiger partial charge is 0.180 e. The van der Waals surface area contributed by atoms with E-state index in [1.807, 2.05) is 53.6 Å². The highest BCUT2D eigenvalue weighted by Gasteiger charge is 2.27. The third-order valence-corrected chi connectivity index (χ3v) is 6.03. The van der Waals surface area contributed by atoms with Crippen LogP contribution in [-0.4, -0.2) is 36.4 Å². The summed E-state index contributed by atoms with van der Waals surface area (Å²) in [6.45, 7) is 4.57. The maximum atomic E-state index is 14.1. The zero-order valence-electron chi connectivity index (χ0n) is 18.9. The van der Waals surface area contributed by atoms with Crippen LogP contribution in [0.25, 0.3) is 18.0 Å². The Balaban J connectivity index is 1.42. The van der Waals surface area contributed by atoms with E-state index in [2.05, 4.69) is 15.1 Å². The molecule has 0 fully saturated rings. The second kappa shape index (κ2) is 8.61. The normalized spacial score (nSPS) is 15.7. The Bertz CT molecular complexity index is 1340. The van der Waals surface area contributed by atoms with Crippen LogP contribution >= 0.6 is 0 Å². The van der Waals surface area contributed by atoms with E-state index in [0.717, 1.165) is 42.0 Å². The summed E-state index contributed by atoms with van der Waals surface area (Å²) in [5, 5.41) is 4.67. The number of fused-ring (bicyclic) bond motifs is 1. The van der Waals surface area contributed by atoms with Crippen LogP contribution in [0.5, 0.6) is 5.75 Å². The standard InChI is InChI=1S/C25H25FN6O/c1-16-14-31(15-28-16)25-22(33-3)12-18(13-27-25)9-10-23-29-24-20(7-5-11-32(24)30-23)19-6-4-8-21(26)17(19)2/h4,6,8-10,12-15,20H,5,7,11H2,1-3H3/t20-/m0/s1. The van der Waals surface area contributed by atoms with Gasteiger partial charge in [0.1, 0.15) is 18.0 Å². The summed E-state index contributed by atoms with van der Waals surface area (Å²) in [4.78, 5) is 13.6. The van der Waals surface area contributed by atoms with E-state index < -0.39 is 0 Å². The topological polar surface area (TPSA) is 70.7 Å². The summed E-state index contributed by atoms with van der Waals surface area (Å²) in [7, 11) is 1.62. The molecule has 0 radical (unpaired) electrons. The van der Waals surface area contributed by atoms with E-state index >= 15 is 0 Å². The van der Waals surface area contributed by atoms with Crippen molar-refractivity contribution in [3.63, 3.8) is 0 Å². The molecular formula is C25H25FN6O. The van der Waals surface area contributed by atoms with Crippen molar-refractivity contribution in [1.82, 2.24) is 29.3 Å². The van der Waals surface area contributed by atoms with E-state index in [4.69, 9.17) is 9.72 Å². The van der Waals surface area contributed by atoms with Gasteiger partial charge in [-0.05, 0) is 67.7 Å². The second-order valence-corrected chi connectivity index (χ2v) is 8.25. The average Bonchev–Trinajstić information content (AvgIpc) is 3.45. The highest BCUT2D eigenvalue weighted by Crippen LogP contribution is 2.34. The number of hydrogen-bond donors (Lipinski definition) is 0. The van der Waals surface area contributed by atoms with Gasteiger partial charge in [-0.1, -0.05) is 12.1 Å². The molecule has 0 saturated heterocycles. The minimum atomic E-state index is -0.181. The zero-order valence-corrected chi connectivity index (χ0v) is 18.9. The summed E-state index contributed by atoms with van der Waals surface area (Å²) in [5.74, 6) is 2.70. The maximum Gasteiger partial charge on any atom is 0.180 e. The van der Waals surface area contributed by atoms with Crippen LogP contribution in [0.4, 0.5) is 4.39 Å². The van der Waals surface area contributed by atoms with Crippen molar-refractivity contribution in [3.05, 3.63) is 82.8 Å². The molecule has 1 atom stereocenters. The number of aryl methyl sites for hydroxylation is 2. The molecule has 4 aromatic rings. The minimum Gasteiger partial charge on any atom is -0.493 e. The van der Waals surface area contributed by atoms with Gasteiger partial charge in [0.25, 0.3) is 0 Å². The molecule has 7 nitrogen and oxygen atoms in total. The van der Waals surface area contributed by atoms with Gasteiger partial charge in [0, 0.05) is 24.9 Å². The Morgan fingerprint density at radius 1 is 1.18 bits per heavy atom. The average molecular weight is 445 g/mol. The quantitative estimate of drug-likeness (QED) is 0.446. The fourth-order valence-electron chi connectivity index (χ4n) is 4.33. The summed E-state index contributed by atoms with van der Waals surface area (Å²) < 4.78 is 23.5. The summed E-state index contributed by atoms with van der Waals surface area (Å²) in [6, 6.07) is 7.18. The zero-order chi connectivity index (χ0) is 22.9. The number of hydrogen-bond acceptors (Lipinski definition) is 5. The lowest BCUT2D eigenvalue weighted by molar-refractivity contribution is 0.410. The van der Waals surface area contributed by atoms with Crippen molar-refractivity contribution < 1.29 is 9.13 Å². The molecule has 168 valence electrons. The second-order valence-electron chi connectivity index (χ2n) is 8.25. The summed E-state index contributed by atoms with van der Waals surface area (Å²) in [6.07, 6.45) is 11.1. The van der Waals surface area contributed by atoms with Crippen molar-refractivity contribution in [3.8, 4) is 11.6 Å². The maximum absolute atomic E-state index is 14.1. The first-order valence-corrected chi connectivity index (χ1v) is 11.0. The molecule has 3 aromatic heterocycles. The number of nitrogens with zero attached hydrogens (tertiary/aromatic N) is 6. The molecule has 4 heterocycles. The molecule has 0 amide bonds. The number of benzene rings is 1. The van der Waals surface area contributed by atoms with Crippen molar-refractivity contribution in [2.45, 2.75) is 39.2 Å². The molecule has 0 unspecified atom stereocenters. The van der Waals surface area contributed by atoms with Gasteiger partial charge in [0.15, 0.2) is 17.4 Å². The third-order valence-electron chi connectivity index (χ3n) is 6.03. The lowest BCUT2D eigenvalue weighted by Gasteiger charge is -2.23. The number of aromatic nitrogens is 6. The van der Waals surface area contributed by atoms with Gasteiger partial charge in [-0.25, -0.2) is 24.0 Å². The van der Waals surface area contributed by atoms with E-state index in [9.17, 15) is 4.39 Å². The van der Waals surface area contributed by atoms with Crippen LogP contribution in [0.2, 0.25) is 0 Å². The van der Waals surface area contributed by atoms with Crippen LogP contribution in [0.3, 0.4) is 0 Å². The van der Waals surface area contributed by atoms with Crippen LogP contribution in [0, 0.1) is 19.7 Å².